The van der Waals surface area contributed by atoms with Gasteiger partial charge in [-0.2, -0.15) is 5.10 Å². The molecule has 0 radical (unpaired) electrons. The second-order valence-electron chi connectivity index (χ2n) is 8.72. The van der Waals surface area contributed by atoms with Gasteiger partial charge in [0, 0.05) is 24.5 Å². The van der Waals surface area contributed by atoms with Crippen molar-refractivity contribution in [1.29, 1.82) is 0 Å². The number of nitrogens with zero attached hydrogens (tertiary/aromatic N) is 4. The number of hydrogen-bond acceptors (Lipinski definition) is 9. The molecule has 12 heteroatoms. The van der Waals surface area contributed by atoms with Crippen LogP contribution < -0.4 is 14.8 Å². The summed E-state index contributed by atoms with van der Waals surface area (Å²) < 4.78 is 39.1. The Bertz CT molecular complexity index is 1830. The summed E-state index contributed by atoms with van der Waals surface area (Å²) in [6, 6.07) is 16.5. The summed E-state index contributed by atoms with van der Waals surface area (Å²) in [5.74, 6) is -0.110. The Balaban J connectivity index is 1.58. The number of hydrogen-bond donors (Lipinski definition) is 2. The molecule has 0 aliphatic rings. The summed E-state index contributed by atoms with van der Waals surface area (Å²) in [4.78, 5) is 20.8. The van der Waals surface area contributed by atoms with Crippen molar-refractivity contribution >= 4 is 32.5 Å². The van der Waals surface area contributed by atoms with E-state index in [1.807, 2.05) is 18.2 Å². The van der Waals surface area contributed by atoms with E-state index in [1.165, 1.54) is 31.6 Å². The van der Waals surface area contributed by atoms with Crippen LogP contribution in [0, 0.1) is 6.92 Å². The van der Waals surface area contributed by atoms with Crippen LogP contribution in [0.15, 0.2) is 83.0 Å². The summed E-state index contributed by atoms with van der Waals surface area (Å²) in [5.41, 5.74) is 2.09. The maximum Gasteiger partial charge on any atom is 0.339 e. The van der Waals surface area contributed by atoms with E-state index in [1.54, 1.807) is 49.0 Å². The lowest BCUT2D eigenvalue weighted by atomic mass is 10.1. The van der Waals surface area contributed by atoms with E-state index in [-0.39, 0.29) is 27.7 Å². The first-order valence-electron chi connectivity index (χ1n) is 12.1. The van der Waals surface area contributed by atoms with Crippen LogP contribution in [0.25, 0.3) is 16.7 Å². The molecule has 0 spiro atoms. The predicted molar refractivity (Wildman–Crippen MR) is 147 cm³/mol. The van der Waals surface area contributed by atoms with Crippen LogP contribution in [-0.4, -0.2) is 53.5 Å². The number of carboxylic acid groups (broad SMARTS) is 1. The number of methoxy groups -OCH3 is 2. The molecule has 5 aromatic rings. The van der Waals surface area contributed by atoms with Crippen molar-refractivity contribution in [3.05, 3.63) is 89.9 Å². The molecule has 0 aliphatic heterocycles. The maximum absolute atomic E-state index is 13.5. The molecule has 11 nitrogen and oxygen atoms in total. The fourth-order valence-corrected chi connectivity index (χ4v) is 5.82. The molecule has 0 saturated heterocycles. The number of para-hydroxylation sites is 2. The number of fused-ring (bicyclic) bond motifs is 1. The molecule has 2 aromatic carbocycles. The highest BCUT2D eigenvalue weighted by Crippen LogP contribution is 2.33. The molecule has 0 unspecified atom stereocenters. The Morgan fingerprint density at radius 3 is 2.45 bits per heavy atom. The fraction of sp³-hybridized carbons (Fsp3) is 0.143. The number of carboxylic acids is 1. The van der Waals surface area contributed by atoms with E-state index in [4.69, 9.17) is 9.47 Å². The number of benzene rings is 2. The molecule has 0 fully saturated rings. The van der Waals surface area contributed by atoms with Crippen LogP contribution >= 0.6 is 0 Å². The normalized spacial score (nSPS) is 11.4. The largest absolute Gasteiger partial charge is 0.497 e. The number of ether oxygens (including phenoxy) is 2. The number of pyridine rings is 2. The van der Waals surface area contributed by atoms with Gasteiger partial charge >= 0.3 is 5.97 Å². The third-order valence-electron chi connectivity index (χ3n) is 6.34. The number of nitrogens with one attached hydrogen (secondary N) is 1. The van der Waals surface area contributed by atoms with Gasteiger partial charge in [0.05, 0.1) is 35.9 Å². The van der Waals surface area contributed by atoms with Crippen LogP contribution in [0.1, 0.15) is 21.6 Å². The number of rotatable bonds is 9. The van der Waals surface area contributed by atoms with E-state index in [9.17, 15) is 18.3 Å². The van der Waals surface area contributed by atoms with Gasteiger partial charge in [-0.1, -0.05) is 18.2 Å². The van der Waals surface area contributed by atoms with Gasteiger partial charge in [0.25, 0.3) is 0 Å². The molecule has 0 bridgehead atoms. The van der Waals surface area contributed by atoms with Gasteiger partial charge in [0.15, 0.2) is 10.7 Å². The number of carbonyl (C=O) groups is 1. The van der Waals surface area contributed by atoms with E-state index < -0.39 is 15.8 Å². The number of aromatic nitrogens is 4. The number of anilines is 1. The first-order valence-corrected chi connectivity index (χ1v) is 13.6. The summed E-state index contributed by atoms with van der Waals surface area (Å²) in [5, 5.41) is 18.0. The zero-order chi connectivity index (χ0) is 28.4. The lowest BCUT2D eigenvalue weighted by molar-refractivity contribution is 0.0697. The predicted octanol–water partition coefficient (Wildman–Crippen LogP) is 4.28. The second-order valence-corrected chi connectivity index (χ2v) is 10.6. The van der Waals surface area contributed by atoms with Crippen LogP contribution in [0.3, 0.4) is 0 Å². The zero-order valence-electron chi connectivity index (χ0n) is 21.8. The third-order valence-corrected chi connectivity index (χ3v) is 8.11. The van der Waals surface area contributed by atoms with Gasteiger partial charge in [-0.3, -0.25) is 0 Å². The molecule has 0 saturated carbocycles. The van der Waals surface area contributed by atoms with E-state index in [0.717, 1.165) is 0 Å². The maximum atomic E-state index is 13.5. The summed E-state index contributed by atoms with van der Waals surface area (Å²) in [6.45, 7) is 1.72. The fourth-order valence-electron chi connectivity index (χ4n) is 4.42. The Morgan fingerprint density at radius 1 is 1.00 bits per heavy atom. The Hall–Kier alpha value is -4.97. The minimum atomic E-state index is -3.98. The minimum absolute atomic E-state index is 0.0305. The van der Waals surface area contributed by atoms with Gasteiger partial charge < -0.3 is 19.9 Å². The highest BCUT2D eigenvalue weighted by Gasteiger charge is 2.25. The van der Waals surface area contributed by atoms with Gasteiger partial charge in [-0.05, 0) is 49.4 Å². The van der Waals surface area contributed by atoms with Crippen molar-refractivity contribution in [2.24, 2.45) is 0 Å². The molecule has 0 aliphatic carbocycles. The summed E-state index contributed by atoms with van der Waals surface area (Å²) >= 11 is 0. The van der Waals surface area contributed by atoms with Crippen molar-refractivity contribution in [1.82, 2.24) is 19.7 Å². The van der Waals surface area contributed by atoms with E-state index in [2.05, 4.69) is 20.4 Å². The van der Waals surface area contributed by atoms with Gasteiger partial charge in [0.2, 0.25) is 9.84 Å². The van der Waals surface area contributed by atoms with Gasteiger partial charge in [0.1, 0.15) is 22.7 Å². The standard InChI is InChI=1S/C28H25N5O6S/c1-17-24-25(21(28(34)35)16-31-26(24)33(32-17)22-8-4-5-9-23(22)39-3)30-15-18-7-6-14-29-27(18)40(36,37)20-12-10-19(38-2)11-13-20/h4-14,16H,15H2,1-3H3,(H,30,31)(H,34,35). The van der Waals surface area contributed by atoms with Crippen molar-refractivity contribution < 1.29 is 27.8 Å². The third kappa shape index (κ3) is 4.69. The number of aryl methyl sites for hydroxylation is 1. The van der Waals surface area contributed by atoms with Crippen molar-refractivity contribution in [2.45, 2.75) is 23.4 Å². The zero-order valence-corrected chi connectivity index (χ0v) is 22.6. The van der Waals surface area contributed by atoms with Gasteiger partial charge in [-0.15, -0.1) is 0 Å². The Kier molecular flexibility index (Phi) is 7.09. The minimum Gasteiger partial charge on any atom is -0.497 e. The van der Waals surface area contributed by atoms with E-state index in [0.29, 0.717) is 39.5 Å². The van der Waals surface area contributed by atoms with Crippen molar-refractivity contribution in [3.8, 4) is 17.2 Å². The molecule has 3 heterocycles. The molecule has 2 N–H and O–H groups in total. The molecule has 204 valence electrons. The Labute approximate surface area is 230 Å². The smallest absolute Gasteiger partial charge is 0.339 e. The SMILES string of the molecule is COc1ccc(S(=O)(=O)c2ncccc2CNc2c(C(=O)O)cnc3c2c(C)nn3-c2ccccc2OC)cc1. The number of aromatic carboxylic acids is 1. The summed E-state index contributed by atoms with van der Waals surface area (Å²) in [7, 11) is -0.939. The van der Waals surface area contributed by atoms with Crippen LogP contribution in [0.5, 0.6) is 11.5 Å². The number of sulfone groups is 1. The van der Waals surface area contributed by atoms with Crippen LogP contribution in [0.2, 0.25) is 0 Å². The first kappa shape index (κ1) is 26.6. The lowest BCUT2D eigenvalue weighted by Gasteiger charge is -2.14. The topological polar surface area (TPSA) is 146 Å². The first-order chi connectivity index (χ1) is 19.3. The van der Waals surface area contributed by atoms with Crippen LogP contribution in [0.4, 0.5) is 5.69 Å². The van der Waals surface area contributed by atoms with Gasteiger partial charge in [-0.25, -0.2) is 27.9 Å². The van der Waals surface area contributed by atoms with Crippen molar-refractivity contribution in [2.75, 3.05) is 19.5 Å². The molecule has 0 amide bonds. The quantitative estimate of drug-likeness (QED) is 0.268. The average molecular weight is 560 g/mol. The molecule has 40 heavy (non-hydrogen) atoms. The molecular formula is C28H25N5O6S. The van der Waals surface area contributed by atoms with E-state index >= 15 is 0 Å². The molecule has 3 aromatic heterocycles. The highest BCUT2D eigenvalue weighted by molar-refractivity contribution is 7.91. The molecule has 5 rings (SSSR count). The lowest BCUT2D eigenvalue weighted by Crippen LogP contribution is -2.13. The van der Waals surface area contributed by atoms with Crippen molar-refractivity contribution in [3.63, 3.8) is 0 Å². The molecular weight excluding hydrogens is 534 g/mol. The van der Waals surface area contributed by atoms with Crippen LogP contribution in [-0.2, 0) is 16.4 Å². The monoisotopic (exact) mass is 559 g/mol. The summed E-state index contributed by atoms with van der Waals surface area (Å²) in [6.07, 6.45) is 2.65. The molecule has 0 atom stereocenters. The average Bonchev–Trinajstić information content (AvgIpc) is 3.32. The second kappa shape index (κ2) is 10.7. The Morgan fingerprint density at radius 2 is 1.75 bits per heavy atom. The highest BCUT2D eigenvalue weighted by atomic mass is 32.2.